The molecule has 0 aliphatic carbocycles. The van der Waals surface area contributed by atoms with Gasteiger partial charge in [-0.3, -0.25) is 0 Å². The van der Waals surface area contributed by atoms with Crippen molar-refractivity contribution in [2.24, 2.45) is 11.8 Å². The molecule has 1 saturated heterocycles. The summed E-state index contributed by atoms with van der Waals surface area (Å²) in [6.07, 6.45) is 1.08. The Kier molecular flexibility index (Phi) is 3.66. The molecule has 0 aromatic carbocycles. The Hall–Kier alpha value is -0.660. The molecule has 1 fully saturated rings. The summed E-state index contributed by atoms with van der Waals surface area (Å²) >= 11 is 1.05. The lowest BCUT2D eigenvalue weighted by molar-refractivity contribution is 0.223. The van der Waals surface area contributed by atoms with Gasteiger partial charge in [0.25, 0.3) is 10.0 Å². The van der Waals surface area contributed by atoms with Crippen molar-refractivity contribution < 1.29 is 8.42 Å². The summed E-state index contributed by atoms with van der Waals surface area (Å²) in [7, 11) is -3.43. The average molecular weight is 289 g/mol. The minimum Gasteiger partial charge on any atom is -0.375 e. The molecule has 2 unspecified atom stereocenters. The maximum Gasteiger partial charge on any atom is 0.254 e. The van der Waals surface area contributed by atoms with Crippen LogP contribution >= 0.6 is 11.3 Å². The lowest BCUT2D eigenvalue weighted by atomic mass is 9.94. The molecule has 0 spiro atoms. The van der Waals surface area contributed by atoms with E-state index in [1.54, 1.807) is 11.2 Å². The maximum absolute atomic E-state index is 12.6. The van der Waals surface area contributed by atoms with E-state index in [0.717, 1.165) is 17.8 Å². The summed E-state index contributed by atoms with van der Waals surface area (Å²) in [5, 5.41) is 0.309. The zero-order chi connectivity index (χ0) is 13.5. The molecule has 2 heterocycles. The van der Waals surface area contributed by atoms with Crippen molar-refractivity contribution >= 4 is 26.5 Å². The van der Waals surface area contributed by atoms with Crippen LogP contribution in [0, 0.1) is 18.8 Å². The minimum absolute atomic E-state index is 0.293. The number of thiazole rings is 1. The van der Waals surface area contributed by atoms with Gasteiger partial charge in [0, 0.05) is 13.1 Å². The van der Waals surface area contributed by atoms with E-state index < -0.39 is 10.0 Å². The van der Waals surface area contributed by atoms with Gasteiger partial charge in [-0.25, -0.2) is 13.4 Å². The van der Waals surface area contributed by atoms with E-state index in [2.05, 4.69) is 18.8 Å². The number of aromatic nitrogens is 1. The Morgan fingerprint density at radius 1 is 1.33 bits per heavy atom. The Morgan fingerprint density at radius 3 is 2.33 bits per heavy atom. The smallest absolute Gasteiger partial charge is 0.254 e. The largest absolute Gasteiger partial charge is 0.375 e. The number of sulfonamides is 1. The first-order valence-electron chi connectivity index (χ1n) is 6.03. The molecular formula is C11H19N3O2S2. The zero-order valence-corrected chi connectivity index (χ0v) is 12.5. The highest BCUT2D eigenvalue weighted by atomic mass is 32.2. The molecule has 2 N–H and O–H groups in total. The third-order valence-electron chi connectivity index (χ3n) is 3.18. The number of aryl methyl sites for hydroxylation is 1. The standard InChI is InChI=1S/C11H19N3O2S2/c1-7-4-8(2)6-14(5-7)18(15,16)10-9(3)13-11(12)17-10/h7-8H,4-6H2,1-3H3,(H2,12,13). The van der Waals surface area contributed by atoms with E-state index in [1.165, 1.54) is 0 Å². The van der Waals surface area contributed by atoms with Gasteiger partial charge < -0.3 is 5.73 Å². The number of nitrogens with zero attached hydrogens (tertiary/aromatic N) is 2. The molecular weight excluding hydrogens is 270 g/mol. The van der Waals surface area contributed by atoms with E-state index in [9.17, 15) is 8.42 Å². The third kappa shape index (κ3) is 2.53. The van der Waals surface area contributed by atoms with Crippen LogP contribution in [-0.2, 0) is 10.0 Å². The highest BCUT2D eigenvalue weighted by molar-refractivity contribution is 7.91. The van der Waals surface area contributed by atoms with Gasteiger partial charge in [-0.05, 0) is 25.2 Å². The molecule has 1 aliphatic heterocycles. The van der Waals surface area contributed by atoms with E-state index in [-0.39, 0.29) is 0 Å². The van der Waals surface area contributed by atoms with Gasteiger partial charge in [-0.15, -0.1) is 0 Å². The Bertz CT molecular complexity index is 528. The summed E-state index contributed by atoms with van der Waals surface area (Å²) in [4.78, 5) is 4.00. The quantitative estimate of drug-likeness (QED) is 0.899. The van der Waals surface area contributed by atoms with Crippen LogP contribution in [0.4, 0.5) is 5.13 Å². The summed E-state index contributed by atoms with van der Waals surface area (Å²) in [6.45, 7) is 7.04. The molecule has 7 heteroatoms. The van der Waals surface area contributed by atoms with Gasteiger partial charge in [0.2, 0.25) is 0 Å². The highest BCUT2D eigenvalue weighted by Crippen LogP contribution is 2.31. The van der Waals surface area contributed by atoms with E-state index in [1.807, 2.05) is 0 Å². The lowest BCUT2D eigenvalue weighted by Crippen LogP contribution is -2.42. The Morgan fingerprint density at radius 2 is 1.89 bits per heavy atom. The predicted octanol–water partition coefficient (Wildman–Crippen LogP) is 1.70. The maximum atomic E-state index is 12.6. The van der Waals surface area contributed by atoms with Crippen molar-refractivity contribution in [1.29, 1.82) is 0 Å². The lowest BCUT2D eigenvalue weighted by Gasteiger charge is -2.33. The van der Waals surface area contributed by atoms with Crippen LogP contribution in [0.3, 0.4) is 0 Å². The molecule has 0 radical (unpaired) electrons. The second kappa shape index (κ2) is 4.79. The van der Waals surface area contributed by atoms with Crippen LogP contribution in [0.2, 0.25) is 0 Å². The number of piperidine rings is 1. The third-order valence-corrected chi connectivity index (χ3v) is 6.59. The summed E-state index contributed by atoms with van der Waals surface area (Å²) < 4.78 is 27.0. The zero-order valence-electron chi connectivity index (χ0n) is 10.9. The van der Waals surface area contributed by atoms with Gasteiger partial charge in [0.1, 0.15) is 0 Å². The number of nitrogen functional groups attached to an aromatic ring is 1. The number of hydrogen-bond acceptors (Lipinski definition) is 5. The fourth-order valence-electron chi connectivity index (χ4n) is 2.56. The Balaban J connectivity index is 2.34. The number of nitrogens with two attached hydrogens (primary N) is 1. The fourth-order valence-corrected chi connectivity index (χ4v) is 5.68. The van der Waals surface area contributed by atoms with Gasteiger partial charge in [0.05, 0.1) is 5.69 Å². The van der Waals surface area contributed by atoms with Crippen LogP contribution < -0.4 is 5.73 Å². The second-order valence-electron chi connectivity index (χ2n) is 5.19. The fraction of sp³-hybridized carbons (Fsp3) is 0.727. The van der Waals surface area contributed by atoms with Crippen molar-refractivity contribution in [2.45, 2.75) is 31.4 Å². The molecule has 1 aromatic heterocycles. The highest BCUT2D eigenvalue weighted by Gasteiger charge is 2.34. The number of rotatable bonds is 2. The molecule has 1 aliphatic rings. The van der Waals surface area contributed by atoms with E-state index >= 15 is 0 Å². The van der Waals surface area contributed by atoms with Gasteiger partial charge in [-0.2, -0.15) is 4.31 Å². The van der Waals surface area contributed by atoms with E-state index in [0.29, 0.717) is 40.0 Å². The minimum atomic E-state index is -3.43. The summed E-state index contributed by atoms with van der Waals surface area (Å²) in [5.74, 6) is 0.795. The number of anilines is 1. The summed E-state index contributed by atoms with van der Waals surface area (Å²) in [5.41, 5.74) is 6.09. The van der Waals surface area contributed by atoms with Crippen LogP contribution in [0.1, 0.15) is 26.0 Å². The average Bonchev–Trinajstić information content (AvgIpc) is 2.57. The van der Waals surface area contributed by atoms with Gasteiger partial charge in [0.15, 0.2) is 9.34 Å². The molecule has 1 aromatic rings. The van der Waals surface area contributed by atoms with Crippen LogP contribution in [0.5, 0.6) is 0 Å². The second-order valence-corrected chi connectivity index (χ2v) is 8.36. The first kappa shape index (κ1) is 13.8. The van der Waals surface area contributed by atoms with Gasteiger partial charge >= 0.3 is 0 Å². The molecule has 2 atom stereocenters. The first-order valence-corrected chi connectivity index (χ1v) is 8.29. The first-order chi connectivity index (χ1) is 8.30. The normalized spacial score (nSPS) is 26.4. The Labute approximate surface area is 112 Å². The monoisotopic (exact) mass is 289 g/mol. The van der Waals surface area contributed by atoms with Crippen LogP contribution in [0.15, 0.2) is 4.21 Å². The molecule has 0 amide bonds. The van der Waals surface area contributed by atoms with Crippen molar-refractivity contribution in [1.82, 2.24) is 9.29 Å². The molecule has 2 rings (SSSR count). The van der Waals surface area contributed by atoms with Crippen LogP contribution in [0.25, 0.3) is 0 Å². The van der Waals surface area contributed by atoms with Gasteiger partial charge in [-0.1, -0.05) is 25.2 Å². The molecule has 18 heavy (non-hydrogen) atoms. The molecule has 5 nitrogen and oxygen atoms in total. The SMILES string of the molecule is Cc1nc(N)sc1S(=O)(=O)N1CC(C)CC(C)C1. The van der Waals surface area contributed by atoms with Crippen molar-refractivity contribution in [3.63, 3.8) is 0 Å². The molecule has 0 bridgehead atoms. The van der Waals surface area contributed by atoms with Crippen molar-refractivity contribution in [3.8, 4) is 0 Å². The van der Waals surface area contributed by atoms with Crippen LogP contribution in [-0.4, -0.2) is 30.8 Å². The predicted molar refractivity (Wildman–Crippen MR) is 73.0 cm³/mol. The van der Waals surface area contributed by atoms with E-state index in [4.69, 9.17) is 5.73 Å². The van der Waals surface area contributed by atoms with Crippen molar-refractivity contribution in [3.05, 3.63) is 5.69 Å². The molecule has 0 saturated carbocycles. The topological polar surface area (TPSA) is 76.3 Å². The molecule has 102 valence electrons. The van der Waals surface area contributed by atoms with Crippen molar-refractivity contribution in [2.75, 3.05) is 18.8 Å². The number of hydrogen-bond donors (Lipinski definition) is 1. The summed E-state index contributed by atoms with van der Waals surface area (Å²) in [6, 6.07) is 0.